The summed E-state index contributed by atoms with van der Waals surface area (Å²) in [5.41, 5.74) is 8.34. The van der Waals surface area contributed by atoms with Gasteiger partial charge >= 0.3 is 0 Å². The Morgan fingerprint density at radius 1 is 0.970 bits per heavy atom. The van der Waals surface area contributed by atoms with E-state index in [1.807, 2.05) is 30.3 Å². The normalized spacial score (nSPS) is 11.9. The van der Waals surface area contributed by atoms with Crippen LogP contribution in [0, 0.1) is 0 Å². The zero-order valence-corrected chi connectivity index (χ0v) is 17.4. The van der Waals surface area contributed by atoms with Gasteiger partial charge in [0.1, 0.15) is 12.1 Å². The number of fused-ring (bicyclic) bond motifs is 2. The number of rotatable bonds is 6. The fraction of sp³-hybridized carbons (Fsp3) is 0.0833. The van der Waals surface area contributed by atoms with E-state index in [0.717, 1.165) is 5.56 Å². The van der Waals surface area contributed by atoms with Crippen molar-refractivity contribution in [2.45, 2.75) is 6.54 Å². The summed E-state index contributed by atoms with van der Waals surface area (Å²) in [7, 11) is 0. The fourth-order valence-corrected chi connectivity index (χ4v) is 3.61. The van der Waals surface area contributed by atoms with E-state index in [-0.39, 0.29) is 12.7 Å². The molecule has 0 radical (unpaired) electrons. The van der Waals surface area contributed by atoms with Crippen LogP contribution in [0.4, 0.5) is 11.5 Å². The van der Waals surface area contributed by atoms with Gasteiger partial charge in [-0.25, -0.2) is 9.97 Å². The quantitative estimate of drug-likeness (QED) is 0.419. The van der Waals surface area contributed by atoms with Crippen molar-refractivity contribution in [3.8, 4) is 11.5 Å². The van der Waals surface area contributed by atoms with Crippen molar-refractivity contribution in [3.05, 3.63) is 83.7 Å². The van der Waals surface area contributed by atoms with E-state index in [0.29, 0.717) is 51.6 Å². The van der Waals surface area contributed by atoms with Crippen LogP contribution < -0.4 is 25.8 Å². The Kier molecular flexibility index (Phi) is 5.19. The molecule has 0 aliphatic carbocycles. The number of nitrogens with zero attached hydrogens (tertiary/aromatic N) is 2. The summed E-state index contributed by atoms with van der Waals surface area (Å²) in [6.07, 6.45) is 1.39. The summed E-state index contributed by atoms with van der Waals surface area (Å²) >= 11 is 0. The predicted molar refractivity (Wildman–Crippen MR) is 122 cm³/mol. The first-order valence-corrected chi connectivity index (χ1v) is 10.2. The number of nitrogens with one attached hydrogen (secondary N) is 2. The van der Waals surface area contributed by atoms with Gasteiger partial charge in [-0.2, -0.15) is 0 Å². The number of aromatic nitrogens is 2. The van der Waals surface area contributed by atoms with E-state index >= 15 is 0 Å². The number of carbonyl (C=O) groups is 2. The highest BCUT2D eigenvalue weighted by Crippen LogP contribution is 2.32. The van der Waals surface area contributed by atoms with E-state index in [2.05, 4.69) is 20.6 Å². The summed E-state index contributed by atoms with van der Waals surface area (Å²) in [4.78, 5) is 32.8. The minimum Gasteiger partial charge on any atom is -0.454 e. The molecule has 0 fully saturated rings. The Morgan fingerprint density at radius 2 is 1.82 bits per heavy atom. The number of amides is 2. The van der Waals surface area contributed by atoms with Crippen molar-refractivity contribution in [2.24, 2.45) is 5.73 Å². The maximum Gasteiger partial charge on any atom is 0.255 e. The van der Waals surface area contributed by atoms with E-state index in [1.54, 1.807) is 30.3 Å². The van der Waals surface area contributed by atoms with Crippen molar-refractivity contribution < 1.29 is 19.1 Å². The predicted octanol–water partition coefficient (Wildman–Crippen LogP) is 3.32. The van der Waals surface area contributed by atoms with Crippen LogP contribution in [0.2, 0.25) is 0 Å². The van der Waals surface area contributed by atoms with Crippen LogP contribution >= 0.6 is 0 Å². The standard InChI is InChI=1S/C24H19N5O4/c25-22(30)17-5-2-6-18-21(17)27-12-28-23(18)26-11-14-3-1-4-16(9-14)29-24(31)15-7-8-19-20(10-15)33-13-32-19/h1-10,12H,11,13H2,(H2,25,30)(H,29,31)(H,26,27,28). The van der Waals surface area contributed by atoms with Crippen LogP contribution in [0.25, 0.3) is 10.9 Å². The maximum absolute atomic E-state index is 12.7. The van der Waals surface area contributed by atoms with Crippen molar-refractivity contribution in [2.75, 3.05) is 17.4 Å². The molecule has 164 valence electrons. The summed E-state index contributed by atoms with van der Waals surface area (Å²) in [5, 5.41) is 6.86. The van der Waals surface area contributed by atoms with Gasteiger partial charge < -0.3 is 25.8 Å². The van der Waals surface area contributed by atoms with E-state index in [9.17, 15) is 9.59 Å². The second kappa shape index (κ2) is 8.46. The molecule has 1 aliphatic rings. The minimum absolute atomic E-state index is 0.154. The van der Waals surface area contributed by atoms with Crippen molar-refractivity contribution >= 4 is 34.2 Å². The van der Waals surface area contributed by atoms with Gasteiger partial charge in [-0.05, 0) is 48.0 Å². The first-order chi connectivity index (χ1) is 16.1. The third-order valence-corrected chi connectivity index (χ3v) is 5.21. The summed E-state index contributed by atoms with van der Waals surface area (Å²) in [6.45, 7) is 0.599. The van der Waals surface area contributed by atoms with Crippen LogP contribution in [0.3, 0.4) is 0 Å². The highest BCUT2D eigenvalue weighted by molar-refractivity contribution is 6.07. The molecule has 9 heteroatoms. The van der Waals surface area contributed by atoms with Crippen LogP contribution in [-0.4, -0.2) is 28.6 Å². The van der Waals surface area contributed by atoms with Gasteiger partial charge in [-0.1, -0.05) is 18.2 Å². The number of para-hydroxylation sites is 1. The average Bonchev–Trinajstić information content (AvgIpc) is 3.30. The molecular weight excluding hydrogens is 422 g/mol. The number of nitrogens with two attached hydrogens (primary N) is 1. The minimum atomic E-state index is -0.545. The summed E-state index contributed by atoms with van der Waals surface area (Å²) in [6, 6.07) is 17.7. The van der Waals surface area contributed by atoms with E-state index in [4.69, 9.17) is 15.2 Å². The Morgan fingerprint density at radius 3 is 2.70 bits per heavy atom. The number of benzene rings is 3. The molecule has 0 saturated heterocycles. The molecule has 2 amide bonds. The first kappa shape index (κ1) is 20.3. The lowest BCUT2D eigenvalue weighted by Gasteiger charge is -2.11. The number of carbonyl (C=O) groups excluding carboxylic acids is 2. The van der Waals surface area contributed by atoms with Gasteiger partial charge in [0.15, 0.2) is 11.5 Å². The van der Waals surface area contributed by atoms with Crippen LogP contribution in [0.1, 0.15) is 26.3 Å². The molecule has 0 saturated carbocycles. The van der Waals surface area contributed by atoms with Gasteiger partial charge in [-0.3, -0.25) is 9.59 Å². The zero-order valence-electron chi connectivity index (χ0n) is 17.4. The van der Waals surface area contributed by atoms with Crippen molar-refractivity contribution in [1.29, 1.82) is 0 Å². The molecule has 33 heavy (non-hydrogen) atoms. The second-order valence-electron chi connectivity index (χ2n) is 7.36. The smallest absolute Gasteiger partial charge is 0.255 e. The second-order valence-corrected chi connectivity index (χ2v) is 7.36. The molecule has 0 atom stereocenters. The third kappa shape index (κ3) is 4.11. The Hall–Kier alpha value is -4.66. The number of anilines is 2. The molecule has 1 aliphatic heterocycles. The number of hydrogen-bond acceptors (Lipinski definition) is 7. The van der Waals surface area contributed by atoms with Gasteiger partial charge in [0.05, 0.1) is 11.1 Å². The number of ether oxygens (including phenoxy) is 2. The molecule has 0 spiro atoms. The Balaban J connectivity index is 1.31. The summed E-state index contributed by atoms with van der Waals surface area (Å²) < 4.78 is 10.6. The van der Waals surface area contributed by atoms with Crippen molar-refractivity contribution in [3.63, 3.8) is 0 Å². The lowest BCUT2D eigenvalue weighted by molar-refractivity contribution is 0.0998. The summed E-state index contributed by atoms with van der Waals surface area (Å²) in [5.74, 6) is 0.963. The van der Waals surface area contributed by atoms with E-state index < -0.39 is 5.91 Å². The lowest BCUT2D eigenvalue weighted by atomic mass is 10.1. The topological polar surface area (TPSA) is 128 Å². The highest BCUT2D eigenvalue weighted by Gasteiger charge is 2.16. The maximum atomic E-state index is 12.7. The van der Waals surface area contributed by atoms with Gasteiger partial charge in [0, 0.05) is 23.2 Å². The Labute approximate surface area is 188 Å². The molecule has 0 unspecified atom stereocenters. The Bertz CT molecular complexity index is 1390. The molecule has 3 aromatic carbocycles. The molecule has 1 aromatic heterocycles. The van der Waals surface area contributed by atoms with Gasteiger partial charge in [0.25, 0.3) is 11.8 Å². The molecule has 4 aromatic rings. The number of hydrogen-bond donors (Lipinski definition) is 3. The molecule has 9 nitrogen and oxygen atoms in total. The van der Waals surface area contributed by atoms with Crippen LogP contribution in [0.5, 0.6) is 11.5 Å². The number of primary amides is 1. The monoisotopic (exact) mass is 441 g/mol. The third-order valence-electron chi connectivity index (χ3n) is 5.21. The molecule has 5 rings (SSSR count). The molecule has 4 N–H and O–H groups in total. The van der Waals surface area contributed by atoms with Gasteiger partial charge in [-0.15, -0.1) is 0 Å². The van der Waals surface area contributed by atoms with Crippen LogP contribution in [-0.2, 0) is 6.54 Å². The SMILES string of the molecule is NC(=O)c1cccc2c(NCc3cccc(NC(=O)c4ccc5c(c4)OCO5)c3)ncnc12. The zero-order chi connectivity index (χ0) is 22.8. The largest absolute Gasteiger partial charge is 0.454 e. The van der Waals surface area contributed by atoms with Crippen molar-refractivity contribution in [1.82, 2.24) is 9.97 Å². The lowest BCUT2D eigenvalue weighted by Crippen LogP contribution is -2.13. The van der Waals surface area contributed by atoms with Gasteiger partial charge in [0.2, 0.25) is 6.79 Å². The molecule has 0 bridgehead atoms. The van der Waals surface area contributed by atoms with Crippen LogP contribution in [0.15, 0.2) is 67.0 Å². The molecule has 2 heterocycles. The first-order valence-electron chi connectivity index (χ1n) is 10.2. The average molecular weight is 441 g/mol. The molecular formula is C24H19N5O4. The fourth-order valence-electron chi connectivity index (χ4n) is 3.61. The highest BCUT2D eigenvalue weighted by atomic mass is 16.7. The van der Waals surface area contributed by atoms with E-state index in [1.165, 1.54) is 6.33 Å².